The Morgan fingerprint density at radius 2 is 2.25 bits per heavy atom. The number of rotatable bonds is 2. The Morgan fingerprint density at radius 1 is 1.45 bits per heavy atom. The van der Waals surface area contributed by atoms with Crippen molar-refractivity contribution in [2.75, 3.05) is 0 Å². The number of hydrogen-bond donors (Lipinski definition) is 0. The number of nitriles is 1. The van der Waals surface area contributed by atoms with Crippen LogP contribution in [0.15, 0.2) is 12.2 Å². The zero-order valence-corrected chi connectivity index (χ0v) is 12.2. The molecule has 1 spiro atoms. The number of hydrogen-bond acceptors (Lipinski definition) is 3. The van der Waals surface area contributed by atoms with E-state index >= 15 is 0 Å². The third-order valence-electron chi connectivity index (χ3n) is 6.44. The molecule has 3 heteroatoms. The van der Waals surface area contributed by atoms with Gasteiger partial charge in [-0.2, -0.15) is 5.26 Å². The van der Waals surface area contributed by atoms with E-state index in [0.717, 1.165) is 12.8 Å². The van der Waals surface area contributed by atoms with Gasteiger partial charge in [-0.25, -0.2) is 0 Å². The maximum absolute atomic E-state index is 12.5. The summed E-state index contributed by atoms with van der Waals surface area (Å²) < 4.78 is 6.36. The van der Waals surface area contributed by atoms with Crippen LogP contribution >= 0.6 is 0 Å². The van der Waals surface area contributed by atoms with Crippen molar-refractivity contribution >= 4 is 5.78 Å². The summed E-state index contributed by atoms with van der Waals surface area (Å²) in [5, 5.41) is 8.93. The Kier molecular flexibility index (Phi) is 2.23. The van der Waals surface area contributed by atoms with E-state index in [2.05, 4.69) is 26.0 Å². The number of ether oxygens (including phenoxy) is 1. The minimum Gasteiger partial charge on any atom is -0.371 e. The molecule has 0 N–H and O–H groups in total. The fourth-order valence-electron chi connectivity index (χ4n) is 6.01. The largest absolute Gasteiger partial charge is 0.371 e. The van der Waals surface area contributed by atoms with Gasteiger partial charge in [0.1, 0.15) is 0 Å². The van der Waals surface area contributed by atoms with Gasteiger partial charge in [-0.1, -0.05) is 13.0 Å². The second kappa shape index (κ2) is 3.54. The fourth-order valence-corrected chi connectivity index (χ4v) is 6.01. The Morgan fingerprint density at radius 3 is 3.00 bits per heavy atom. The highest BCUT2D eigenvalue weighted by molar-refractivity contribution is 5.96. The minimum atomic E-state index is -0.407. The topological polar surface area (TPSA) is 50.1 Å². The molecule has 0 aromatic carbocycles. The molecule has 2 saturated carbocycles. The van der Waals surface area contributed by atoms with Gasteiger partial charge in [0.15, 0.2) is 5.78 Å². The lowest BCUT2D eigenvalue weighted by atomic mass is 9.53. The number of nitrogens with zero attached hydrogens (tertiary/aromatic N) is 1. The average Bonchev–Trinajstić information content (AvgIpc) is 2.75. The van der Waals surface area contributed by atoms with E-state index in [9.17, 15) is 4.79 Å². The fraction of sp³-hybridized carbons (Fsp3) is 0.765. The summed E-state index contributed by atoms with van der Waals surface area (Å²) in [6, 6.07) is 2.22. The van der Waals surface area contributed by atoms with Gasteiger partial charge in [-0.3, -0.25) is 4.79 Å². The normalized spacial score (nSPS) is 55.0. The van der Waals surface area contributed by atoms with Crippen molar-refractivity contribution < 1.29 is 9.53 Å². The SMILES string of the molecule is CC12CC3CC4(C=CC(=O)[C@@](C)(CCC#N)C4C3O1)C2. The highest BCUT2D eigenvalue weighted by atomic mass is 16.5. The van der Waals surface area contributed by atoms with Crippen LogP contribution in [0.2, 0.25) is 0 Å². The van der Waals surface area contributed by atoms with Crippen LogP contribution in [0.25, 0.3) is 0 Å². The van der Waals surface area contributed by atoms with Crippen LogP contribution < -0.4 is 0 Å². The molecule has 4 bridgehead atoms. The first-order valence-electron chi connectivity index (χ1n) is 7.71. The van der Waals surface area contributed by atoms with Gasteiger partial charge < -0.3 is 4.74 Å². The second-order valence-electron chi connectivity index (χ2n) is 7.86. The molecular weight excluding hydrogens is 250 g/mol. The van der Waals surface area contributed by atoms with E-state index in [1.807, 2.05) is 6.08 Å². The molecule has 106 valence electrons. The van der Waals surface area contributed by atoms with Crippen LogP contribution in [0.3, 0.4) is 0 Å². The summed E-state index contributed by atoms with van der Waals surface area (Å²) in [7, 11) is 0. The van der Waals surface area contributed by atoms with Gasteiger partial charge in [0.2, 0.25) is 0 Å². The highest BCUT2D eigenvalue weighted by Crippen LogP contribution is 2.71. The van der Waals surface area contributed by atoms with E-state index in [0.29, 0.717) is 18.8 Å². The van der Waals surface area contributed by atoms with E-state index < -0.39 is 5.41 Å². The zero-order chi connectivity index (χ0) is 14.2. The lowest BCUT2D eigenvalue weighted by Gasteiger charge is -2.54. The molecule has 3 nitrogen and oxygen atoms in total. The third kappa shape index (κ3) is 1.31. The summed E-state index contributed by atoms with van der Waals surface area (Å²) in [5.41, 5.74) is -0.237. The number of carbonyl (C=O) groups excluding carboxylic acids is 1. The monoisotopic (exact) mass is 271 g/mol. The summed E-state index contributed by atoms with van der Waals surface area (Å²) in [4.78, 5) is 12.5. The molecule has 20 heavy (non-hydrogen) atoms. The van der Waals surface area contributed by atoms with Crippen molar-refractivity contribution in [1.29, 1.82) is 5.26 Å². The van der Waals surface area contributed by atoms with Gasteiger partial charge in [0, 0.05) is 17.8 Å². The molecule has 5 rings (SSSR count). The van der Waals surface area contributed by atoms with Gasteiger partial charge in [-0.15, -0.1) is 0 Å². The number of ketones is 1. The summed E-state index contributed by atoms with van der Waals surface area (Å²) in [6.07, 6.45) is 8.72. The molecule has 0 amide bonds. The summed E-state index contributed by atoms with van der Waals surface area (Å²) in [6.45, 7) is 4.30. The predicted molar refractivity (Wildman–Crippen MR) is 73.6 cm³/mol. The molecule has 2 saturated heterocycles. The molecule has 5 unspecified atom stereocenters. The maximum atomic E-state index is 12.5. The van der Waals surface area contributed by atoms with E-state index in [1.54, 1.807) is 0 Å². The predicted octanol–water partition coefficient (Wildman–Crippen LogP) is 3.01. The van der Waals surface area contributed by atoms with Gasteiger partial charge in [0.05, 0.1) is 17.8 Å². The lowest BCUT2D eigenvalue weighted by Crippen LogP contribution is -2.55. The van der Waals surface area contributed by atoms with E-state index in [1.165, 1.54) is 6.42 Å². The molecular formula is C17H21NO2. The van der Waals surface area contributed by atoms with Crippen molar-refractivity contribution in [2.45, 2.75) is 57.7 Å². The molecule has 2 aliphatic heterocycles. The minimum absolute atomic E-state index is 0.0188. The number of allylic oxidation sites excluding steroid dienone is 2. The second-order valence-corrected chi connectivity index (χ2v) is 7.86. The Labute approximate surface area is 120 Å². The van der Waals surface area contributed by atoms with Crippen LogP contribution in [0, 0.1) is 34.0 Å². The molecule has 5 aliphatic rings. The Balaban J connectivity index is 1.80. The van der Waals surface area contributed by atoms with Crippen molar-refractivity contribution in [3.63, 3.8) is 0 Å². The first-order chi connectivity index (χ1) is 9.43. The van der Waals surface area contributed by atoms with Crippen molar-refractivity contribution in [3.05, 3.63) is 12.2 Å². The molecule has 0 radical (unpaired) electrons. The molecule has 6 atom stereocenters. The maximum Gasteiger partial charge on any atom is 0.161 e. The van der Waals surface area contributed by atoms with Crippen LogP contribution in [-0.2, 0) is 9.53 Å². The average molecular weight is 271 g/mol. The van der Waals surface area contributed by atoms with Crippen LogP contribution in [0.4, 0.5) is 0 Å². The molecule has 0 aromatic rings. The smallest absolute Gasteiger partial charge is 0.161 e. The zero-order valence-electron chi connectivity index (χ0n) is 12.2. The standard InChI is InChI=1S/C17H21NO2/c1-15-8-11-9-17(10-15)6-4-12(19)16(2,5-3-7-18)14(17)13(11)20-15/h4,6,11,13-14H,3,5,8-10H2,1-2H3/t11?,13?,14?,15?,16-,17?/m1/s1. The lowest BCUT2D eigenvalue weighted by molar-refractivity contribution is -0.169. The molecule has 4 fully saturated rings. The van der Waals surface area contributed by atoms with Gasteiger partial charge >= 0.3 is 0 Å². The van der Waals surface area contributed by atoms with Crippen molar-refractivity contribution in [3.8, 4) is 6.07 Å². The molecule has 3 aliphatic carbocycles. The van der Waals surface area contributed by atoms with E-state index in [-0.39, 0.29) is 28.8 Å². The first-order valence-corrected chi connectivity index (χ1v) is 7.71. The highest BCUT2D eigenvalue weighted by Gasteiger charge is 2.71. The van der Waals surface area contributed by atoms with E-state index in [4.69, 9.17) is 10.00 Å². The number of carbonyl (C=O) groups is 1. The molecule has 0 aromatic heterocycles. The summed E-state index contributed by atoms with van der Waals surface area (Å²) in [5.74, 6) is 1.09. The van der Waals surface area contributed by atoms with Gasteiger partial charge in [-0.05, 0) is 50.0 Å². The van der Waals surface area contributed by atoms with Crippen LogP contribution in [0.5, 0.6) is 0 Å². The quantitative estimate of drug-likeness (QED) is 0.775. The summed E-state index contributed by atoms with van der Waals surface area (Å²) >= 11 is 0. The molecule has 2 heterocycles. The van der Waals surface area contributed by atoms with Crippen molar-refractivity contribution in [1.82, 2.24) is 0 Å². The Hall–Kier alpha value is -1.14. The van der Waals surface area contributed by atoms with Crippen molar-refractivity contribution in [2.24, 2.45) is 22.7 Å². The van der Waals surface area contributed by atoms with Crippen LogP contribution in [0.1, 0.15) is 46.0 Å². The van der Waals surface area contributed by atoms with Gasteiger partial charge in [0.25, 0.3) is 0 Å². The first kappa shape index (κ1) is 12.6. The Bertz CT molecular complexity index is 562. The third-order valence-corrected chi connectivity index (χ3v) is 6.44. The van der Waals surface area contributed by atoms with Crippen LogP contribution in [-0.4, -0.2) is 17.5 Å².